The van der Waals surface area contributed by atoms with Gasteiger partial charge in [0.05, 0.1) is 42.8 Å². The van der Waals surface area contributed by atoms with Crippen LogP contribution in [0, 0.1) is 0 Å². The fourth-order valence-corrected chi connectivity index (χ4v) is 3.80. The predicted molar refractivity (Wildman–Crippen MR) is 105 cm³/mol. The third-order valence-corrected chi connectivity index (χ3v) is 5.53. The van der Waals surface area contributed by atoms with E-state index < -0.39 is 0 Å². The minimum atomic E-state index is -0.0935. The van der Waals surface area contributed by atoms with Crippen LogP contribution in [0.2, 0.25) is 0 Å². The molecule has 3 aromatic rings. The fourth-order valence-electron chi connectivity index (χ4n) is 3.80. The Bertz CT molecular complexity index is 1010. The highest BCUT2D eigenvalue weighted by Gasteiger charge is 2.25. The molecule has 28 heavy (non-hydrogen) atoms. The maximum absolute atomic E-state index is 12.7. The maximum Gasteiger partial charge on any atom is 0.251 e. The molecule has 3 heterocycles. The molecule has 0 atom stereocenters. The molecule has 2 aliphatic rings. The van der Waals surface area contributed by atoms with Gasteiger partial charge in [-0.25, -0.2) is 9.97 Å². The van der Waals surface area contributed by atoms with E-state index in [4.69, 9.17) is 9.72 Å². The van der Waals surface area contributed by atoms with Crippen molar-refractivity contribution in [3.8, 4) is 0 Å². The summed E-state index contributed by atoms with van der Waals surface area (Å²) >= 11 is 0. The van der Waals surface area contributed by atoms with Crippen molar-refractivity contribution in [1.82, 2.24) is 24.4 Å². The monoisotopic (exact) mass is 380 g/mol. The van der Waals surface area contributed by atoms with E-state index in [1.54, 1.807) is 0 Å². The maximum atomic E-state index is 12.7. The fraction of sp³-hybridized carbons (Fsp3) is 0.450. The Morgan fingerprint density at radius 3 is 2.89 bits per heavy atom. The molecule has 146 valence electrons. The minimum absolute atomic E-state index is 0.0935. The van der Waals surface area contributed by atoms with Crippen molar-refractivity contribution in [2.45, 2.75) is 25.4 Å². The zero-order valence-corrected chi connectivity index (χ0v) is 16.0. The van der Waals surface area contributed by atoms with Crippen LogP contribution in [0.5, 0.6) is 0 Å². The van der Waals surface area contributed by atoms with Gasteiger partial charge in [0, 0.05) is 37.9 Å². The van der Waals surface area contributed by atoms with Crippen LogP contribution in [0.25, 0.3) is 11.0 Å². The summed E-state index contributed by atoms with van der Waals surface area (Å²) in [6, 6.07) is 6.25. The van der Waals surface area contributed by atoms with E-state index in [1.165, 1.54) is 12.8 Å². The molecule has 0 radical (unpaired) electrons. The highest BCUT2D eigenvalue weighted by atomic mass is 16.5. The Morgan fingerprint density at radius 1 is 1.29 bits per heavy atom. The number of nitrogens with one attached hydrogen (secondary N) is 1. The zero-order chi connectivity index (χ0) is 19.1. The summed E-state index contributed by atoms with van der Waals surface area (Å²) in [5.41, 5.74) is 3.52. The van der Waals surface area contributed by atoms with E-state index in [9.17, 15) is 4.79 Å². The topological polar surface area (TPSA) is 77.2 Å². The number of nitrogens with zero attached hydrogens (tertiary/aromatic N) is 5. The van der Waals surface area contributed by atoms with Gasteiger partial charge >= 0.3 is 0 Å². The van der Waals surface area contributed by atoms with Crippen LogP contribution in [0.1, 0.15) is 34.9 Å². The number of hydrogen-bond acceptors (Lipinski definition) is 5. The van der Waals surface area contributed by atoms with Gasteiger partial charge in [0.15, 0.2) is 0 Å². The summed E-state index contributed by atoms with van der Waals surface area (Å²) in [6.45, 7) is 3.58. The lowest BCUT2D eigenvalue weighted by Gasteiger charge is -2.27. The normalized spacial score (nSPS) is 17.2. The number of hydrogen-bond donors (Lipinski definition) is 1. The Labute approximate surface area is 163 Å². The second-order valence-electron chi connectivity index (χ2n) is 7.48. The molecular weight excluding hydrogens is 356 g/mol. The number of morpholine rings is 1. The van der Waals surface area contributed by atoms with Crippen LogP contribution in [0.15, 0.2) is 30.7 Å². The molecule has 0 bridgehead atoms. The summed E-state index contributed by atoms with van der Waals surface area (Å²) in [5.74, 6) is 0.827. The number of aromatic nitrogens is 4. The lowest BCUT2D eigenvalue weighted by molar-refractivity contribution is 0.0950. The SMILES string of the molecule is Cn1c(N2CCOCC2)nc2cc(C(=O)NCc3cncn3C3CC3)ccc21. The number of ether oxygens (including phenoxy) is 1. The van der Waals surface area contributed by atoms with E-state index >= 15 is 0 Å². The molecule has 0 unspecified atom stereocenters. The first-order chi connectivity index (χ1) is 13.7. The van der Waals surface area contributed by atoms with Gasteiger partial charge in [-0.1, -0.05) is 0 Å². The van der Waals surface area contributed by atoms with Gasteiger partial charge in [0.1, 0.15) is 0 Å². The smallest absolute Gasteiger partial charge is 0.251 e. The third kappa shape index (κ3) is 3.13. The van der Waals surface area contributed by atoms with Crippen LogP contribution in [0.3, 0.4) is 0 Å². The van der Waals surface area contributed by atoms with Crippen LogP contribution in [-0.2, 0) is 18.3 Å². The lowest BCUT2D eigenvalue weighted by Crippen LogP contribution is -2.37. The summed E-state index contributed by atoms with van der Waals surface area (Å²) < 4.78 is 9.68. The van der Waals surface area contributed by atoms with Gasteiger partial charge in [0.25, 0.3) is 5.91 Å². The summed E-state index contributed by atoms with van der Waals surface area (Å²) in [4.78, 5) is 23.9. The number of rotatable bonds is 5. The van der Waals surface area contributed by atoms with Crippen LogP contribution in [0.4, 0.5) is 5.95 Å². The predicted octanol–water partition coefficient (Wildman–Crippen LogP) is 1.87. The second-order valence-corrected chi connectivity index (χ2v) is 7.48. The molecule has 2 aromatic heterocycles. The molecule has 8 nitrogen and oxygen atoms in total. The molecule has 8 heteroatoms. The molecule has 0 spiro atoms. The standard InChI is InChI=1S/C20H24N6O2/c1-24-18-5-2-14(10-17(18)23-20(24)25-6-8-28-9-7-25)19(27)22-12-16-11-21-13-26(16)15-3-4-15/h2,5,10-11,13,15H,3-4,6-9,12H2,1H3,(H,22,27). The van der Waals surface area contributed by atoms with Crippen LogP contribution >= 0.6 is 0 Å². The average Bonchev–Trinajstić information content (AvgIpc) is 3.38. The van der Waals surface area contributed by atoms with Crippen molar-refractivity contribution >= 4 is 22.9 Å². The molecule has 1 amide bonds. The molecule has 2 fully saturated rings. The quantitative estimate of drug-likeness (QED) is 0.731. The van der Waals surface area contributed by atoms with E-state index in [0.717, 1.165) is 35.8 Å². The number of anilines is 1. The van der Waals surface area contributed by atoms with Crippen LogP contribution < -0.4 is 10.2 Å². The lowest BCUT2D eigenvalue weighted by atomic mass is 10.2. The summed E-state index contributed by atoms with van der Waals surface area (Å²) in [7, 11) is 2.01. The van der Waals surface area contributed by atoms with Crippen molar-refractivity contribution in [2.75, 3.05) is 31.2 Å². The van der Waals surface area contributed by atoms with Crippen molar-refractivity contribution in [1.29, 1.82) is 0 Å². The first-order valence-electron chi connectivity index (χ1n) is 9.79. The van der Waals surface area contributed by atoms with Gasteiger partial charge < -0.3 is 24.1 Å². The Kier molecular flexibility index (Phi) is 4.27. The highest BCUT2D eigenvalue weighted by molar-refractivity contribution is 5.97. The van der Waals surface area contributed by atoms with Crippen molar-refractivity contribution in [2.24, 2.45) is 7.05 Å². The number of carbonyl (C=O) groups is 1. The molecular formula is C20H24N6O2. The Balaban J connectivity index is 1.33. The number of benzene rings is 1. The summed E-state index contributed by atoms with van der Waals surface area (Å²) in [6.07, 6.45) is 6.07. The molecule has 1 saturated carbocycles. The average molecular weight is 380 g/mol. The van der Waals surface area contributed by atoms with E-state index in [0.29, 0.717) is 31.4 Å². The first-order valence-corrected chi connectivity index (χ1v) is 9.79. The van der Waals surface area contributed by atoms with Gasteiger partial charge in [-0.2, -0.15) is 0 Å². The van der Waals surface area contributed by atoms with Crippen molar-refractivity contribution in [3.05, 3.63) is 42.0 Å². The zero-order valence-electron chi connectivity index (χ0n) is 16.0. The van der Waals surface area contributed by atoms with Crippen molar-refractivity contribution < 1.29 is 9.53 Å². The van der Waals surface area contributed by atoms with Gasteiger partial charge in [0.2, 0.25) is 5.95 Å². The molecule has 1 aliphatic heterocycles. The van der Waals surface area contributed by atoms with E-state index in [2.05, 4.69) is 24.3 Å². The number of fused-ring (bicyclic) bond motifs is 1. The largest absolute Gasteiger partial charge is 0.378 e. The number of carbonyl (C=O) groups excluding carboxylic acids is 1. The molecule has 1 aliphatic carbocycles. The molecule has 1 saturated heterocycles. The Hall–Kier alpha value is -2.87. The number of amides is 1. The highest BCUT2D eigenvalue weighted by Crippen LogP contribution is 2.35. The Morgan fingerprint density at radius 2 is 2.11 bits per heavy atom. The van der Waals surface area contributed by atoms with E-state index in [1.807, 2.05) is 37.8 Å². The van der Waals surface area contributed by atoms with Gasteiger partial charge in [-0.3, -0.25) is 4.79 Å². The second kappa shape index (κ2) is 6.94. The van der Waals surface area contributed by atoms with Gasteiger partial charge in [-0.15, -0.1) is 0 Å². The molecule has 5 rings (SSSR count). The van der Waals surface area contributed by atoms with Crippen molar-refractivity contribution in [3.63, 3.8) is 0 Å². The number of imidazole rings is 2. The molecule has 1 aromatic carbocycles. The number of aryl methyl sites for hydroxylation is 1. The minimum Gasteiger partial charge on any atom is -0.378 e. The van der Waals surface area contributed by atoms with E-state index in [-0.39, 0.29) is 5.91 Å². The van der Waals surface area contributed by atoms with Gasteiger partial charge in [-0.05, 0) is 31.0 Å². The molecule has 1 N–H and O–H groups in total. The third-order valence-electron chi connectivity index (χ3n) is 5.53. The van der Waals surface area contributed by atoms with Crippen LogP contribution in [-0.4, -0.2) is 51.3 Å². The summed E-state index contributed by atoms with van der Waals surface area (Å²) in [5, 5.41) is 3.01. The first kappa shape index (κ1) is 17.2.